The zero-order valence-corrected chi connectivity index (χ0v) is 12.7. The average molecular weight is 327 g/mol. The van der Waals surface area contributed by atoms with Crippen molar-refractivity contribution in [3.63, 3.8) is 0 Å². The second kappa shape index (κ2) is 5.71. The molecule has 1 unspecified atom stereocenters. The van der Waals surface area contributed by atoms with E-state index in [1.54, 1.807) is 23.6 Å². The molecule has 1 amide bonds. The largest absolute Gasteiger partial charge is 0.356 e. The summed E-state index contributed by atoms with van der Waals surface area (Å²) in [7, 11) is 0. The Morgan fingerprint density at radius 2 is 2.33 bits per heavy atom. The van der Waals surface area contributed by atoms with Crippen LogP contribution in [0.15, 0.2) is 28.9 Å². The molecule has 0 spiro atoms. The van der Waals surface area contributed by atoms with Crippen LogP contribution in [-0.2, 0) is 6.42 Å². The van der Waals surface area contributed by atoms with Gasteiger partial charge in [-0.3, -0.25) is 4.79 Å². The lowest BCUT2D eigenvalue weighted by Crippen LogP contribution is -2.34. The summed E-state index contributed by atoms with van der Waals surface area (Å²) >= 11 is 5.09. The molecule has 3 nitrogen and oxygen atoms in total. The topological polar surface area (TPSA) is 44.9 Å². The van der Waals surface area contributed by atoms with Crippen molar-refractivity contribution in [3.05, 3.63) is 44.3 Å². The van der Waals surface area contributed by atoms with Gasteiger partial charge < -0.3 is 10.3 Å². The van der Waals surface area contributed by atoms with Gasteiger partial charge in [-0.15, -0.1) is 11.3 Å². The monoisotopic (exact) mass is 326 g/mol. The quantitative estimate of drug-likeness (QED) is 0.887. The molecule has 0 aliphatic carbocycles. The van der Waals surface area contributed by atoms with E-state index >= 15 is 0 Å². The molecule has 96 valence electrons. The minimum Gasteiger partial charge on any atom is -0.356 e. The van der Waals surface area contributed by atoms with Crippen molar-refractivity contribution in [3.8, 4) is 0 Å². The van der Waals surface area contributed by atoms with Gasteiger partial charge in [0.25, 0.3) is 5.91 Å². The molecule has 0 saturated heterocycles. The molecule has 2 N–H and O–H groups in total. The first-order valence-corrected chi connectivity index (χ1v) is 7.35. The normalized spacial score (nSPS) is 12.4. The number of aryl methyl sites for hydroxylation is 1. The Morgan fingerprint density at radius 1 is 1.56 bits per heavy atom. The summed E-state index contributed by atoms with van der Waals surface area (Å²) in [5.74, 6) is -0.0681. The number of rotatable bonds is 4. The minimum absolute atomic E-state index is 0.0681. The van der Waals surface area contributed by atoms with E-state index in [1.165, 1.54) is 9.75 Å². The second-order valence-corrected chi connectivity index (χ2v) is 6.61. The fourth-order valence-corrected chi connectivity index (χ4v) is 3.11. The Balaban J connectivity index is 1.91. The number of nitrogens with one attached hydrogen (secondary N) is 2. The third-order valence-corrected chi connectivity index (χ3v) is 4.05. The molecule has 2 rings (SSSR count). The summed E-state index contributed by atoms with van der Waals surface area (Å²) in [6.07, 6.45) is 2.62. The molecule has 18 heavy (non-hydrogen) atoms. The van der Waals surface area contributed by atoms with Crippen molar-refractivity contribution < 1.29 is 4.79 Å². The van der Waals surface area contributed by atoms with Gasteiger partial charge in [0.1, 0.15) is 5.69 Å². The van der Waals surface area contributed by atoms with Crippen molar-refractivity contribution in [2.75, 3.05) is 0 Å². The summed E-state index contributed by atoms with van der Waals surface area (Å²) in [6.45, 7) is 4.11. The predicted molar refractivity (Wildman–Crippen MR) is 78.2 cm³/mol. The van der Waals surface area contributed by atoms with Crippen LogP contribution in [0.2, 0.25) is 0 Å². The van der Waals surface area contributed by atoms with E-state index in [2.05, 4.69) is 45.3 Å². The van der Waals surface area contributed by atoms with E-state index < -0.39 is 0 Å². The van der Waals surface area contributed by atoms with E-state index in [9.17, 15) is 4.79 Å². The Bertz CT molecular complexity index is 547. The van der Waals surface area contributed by atoms with Crippen molar-refractivity contribution in [2.24, 2.45) is 0 Å². The lowest BCUT2D eigenvalue weighted by atomic mass is 10.2. The molecule has 0 radical (unpaired) electrons. The zero-order chi connectivity index (χ0) is 13.1. The van der Waals surface area contributed by atoms with E-state index in [-0.39, 0.29) is 11.9 Å². The van der Waals surface area contributed by atoms with Crippen LogP contribution in [0.3, 0.4) is 0 Å². The first-order chi connectivity index (χ1) is 8.54. The van der Waals surface area contributed by atoms with Crippen LogP contribution in [0, 0.1) is 6.92 Å². The third-order valence-electron chi connectivity index (χ3n) is 2.57. The van der Waals surface area contributed by atoms with Crippen LogP contribution >= 0.6 is 27.3 Å². The van der Waals surface area contributed by atoms with Crippen LogP contribution in [0.5, 0.6) is 0 Å². The second-order valence-electron chi connectivity index (χ2n) is 4.32. The van der Waals surface area contributed by atoms with E-state index in [4.69, 9.17) is 0 Å². The molecule has 0 fully saturated rings. The molecule has 0 saturated carbocycles. The molecule has 2 aromatic rings. The molecule has 1 atom stereocenters. The number of H-pyrrole nitrogens is 1. The minimum atomic E-state index is -0.0681. The first-order valence-electron chi connectivity index (χ1n) is 5.74. The molecular weight excluding hydrogens is 312 g/mol. The summed E-state index contributed by atoms with van der Waals surface area (Å²) in [6, 6.07) is 6.12. The maximum Gasteiger partial charge on any atom is 0.267 e. The van der Waals surface area contributed by atoms with Gasteiger partial charge >= 0.3 is 0 Å². The fourth-order valence-electron chi connectivity index (χ4n) is 1.75. The highest BCUT2D eigenvalue weighted by Crippen LogP contribution is 2.17. The van der Waals surface area contributed by atoms with Gasteiger partial charge in [0.05, 0.1) is 0 Å². The van der Waals surface area contributed by atoms with Gasteiger partial charge in [-0.25, -0.2) is 0 Å². The molecule has 2 aromatic heterocycles. The highest BCUT2D eigenvalue weighted by molar-refractivity contribution is 9.10. The number of aromatic amines is 1. The van der Waals surface area contributed by atoms with Crippen LogP contribution < -0.4 is 5.32 Å². The highest BCUT2D eigenvalue weighted by atomic mass is 79.9. The number of carbonyl (C=O) groups is 1. The van der Waals surface area contributed by atoms with E-state index in [1.807, 2.05) is 6.92 Å². The maximum absolute atomic E-state index is 11.9. The molecule has 0 aromatic carbocycles. The van der Waals surface area contributed by atoms with Crippen LogP contribution in [0.4, 0.5) is 0 Å². The number of carbonyl (C=O) groups excluding carboxylic acids is 1. The highest BCUT2D eigenvalue weighted by Gasteiger charge is 2.12. The Hall–Kier alpha value is -1.07. The lowest BCUT2D eigenvalue weighted by Gasteiger charge is -2.12. The van der Waals surface area contributed by atoms with Gasteiger partial charge in [-0.05, 0) is 48.0 Å². The van der Waals surface area contributed by atoms with Gasteiger partial charge in [0.15, 0.2) is 0 Å². The standard InChI is InChI=1S/C13H15BrN2OS/c1-8(5-11-4-3-9(2)18-11)16-13(17)12-6-10(14)7-15-12/h3-4,6-8,15H,5H2,1-2H3,(H,16,17). The number of thiophene rings is 1. The number of hydrogen-bond acceptors (Lipinski definition) is 2. The van der Waals surface area contributed by atoms with Crippen LogP contribution in [-0.4, -0.2) is 16.9 Å². The molecule has 0 aliphatic heterocycles. The summed E-state index contributed by atoms with van der Waals surface area (Å²) in [5, 5.41) is 2.98. The zero-order valence-electron chi connectivity index (χ0n) is 10.3. The molecule has 0 bridgehead atoms. The number of hydrogen-bond donors (Lipinski definition) is 2. The van der Waals surface area contributed by atoms with E-state index in [0.717, 1.165) is 10.9 Å². The van der Waals surface area contributed by atoms with Crippen molar-refractivity contribution >= 4 is 33.2 Å². The average Bonchev–Trinajstić information content (AvgIpc) is 2.87. The Kier molecular flexibility index (Phi) is 4.24. The number of aromatic nitrogens is 1. The smallest absolute Gasteiger partial charge is 0.267 e. The first kappa shape index (κ1) is 13.4. The third kappa shape index (κ3) is 3.46. The van der Waals surface area contributed by atoms with Crippen LogP contribution in [0.1, 0.15) is 27.2 Å². The summed E-state index contributed by atoms with van der Waals surface area (Å²) in [5.41, 5.74) is 0.580. The molecule has 2 heterocycles. The fraction of sp³-hybridized carbons (Fsp3) is 0.308. The summed E-state index contributed by atoms with van der Waals surface area (Å²) < 4.78 is 0.884. The Morgan fingerprint density at radius 3 is 2.89 bits per heavy atom. The lowest BCUT2D eigenvalue weighted by molar-refractivity contribution is 0.0936. The predicted octanol–water partition coefficient (Wildman–Crippen LogP) is 3.51. The number of halogens is 1. The summed E-state index contributed by atoms with van der Waals surface area (Å²) in [4.78, 5) is 17.4. The SMILES string of the molecule is Cc1ccc(CC(C)NC(=O)c2cc(Br)c[nH]2)s1. The Labute approximate surface area is 119 Å². The number of amides is 1. The van der Waals surface area contributed by atoms with Crippen molar-refractivity contribution in [2.45, 2.75) is 26.3 Å². The van der Waals surface area contributed by atoms with Gasteiger partial charge in [-0.2, -0.15) is 0 Å². The molecule has 5 heteroatoms. The van der Waals surface area contributed by atoms with E-state index in [0.29, 0.717) is 5.69 Å². The molecule has 0 aliphatic rings. The van der Waals surface area contributed by atoms with Gasteiger partial charge in [-0.1, -0.05) is 0 Å². The maximum atomic E-state index is 11.9. The van der Waals surface area contributed by atoms with Gasteiger partial charge in [0.2, 0.25) is 0 Å². The van der Waals surface area contributed by atoms with Crippen LogP contribution in [0.25, 0.3) is 0 Å². The van der Waals surface area contributed by atoms with Gasteiger partial charge in [0, 0.05) is 32.9 Å². The van der Waals surface area contributed by atoms with Crippen molar-refractivity contribution in [1.82, 2.24) is 10.3 Å². The van der Waals surface area contributed by atoms with Crippen molar-refractivity contribution in [1.29, 1.82) is 0 Å². The molecular formula is C13H15BrN2OS.